The largest absolute Gasteiger partial charge is 0.385 e. The second-order valence-electron chi connectivity index (χ2n) is 1.42. The maximum absolute atomic E-state index is 10.3. The summed E-state index contributed by atoms with van der Waals surface area (Å²) in [5.74, 6) is 4.17. The van der Waals surface area contributed by atoms with Crippen molar-refractivity contribution >= 4 is 5.78 Å². The zero-order chi connectivity index (χ0) is 6.57. The number of carbonyl (C=O) groups excluding carboxylic acids is 1. The number of hydrogen-bond donors (Lipinski definition) is 1. The highest BCUT2D eigenvalue weighted by Crippen LogP contribution is 1.78. The molecule has 0 aromatic rings. The molecule has 0 aliphatic heterocycles. The van der Waals surface area contributed by atoms with Gasteiger partial charge in [-0.3, -0.25) is 4.79 Å². The molecule has 0 heterocycles. The lowest BCUT2D eigenvalue weighted by Crippen LogP contribution is -2.12. The van der Waals surface area contributed by atoms with Crippen LogP contribution in [-0.4, -0.2) is 17.0 Å². The average Bonchev–Trinajstić information content (AvgIpc) is 1.67. The van der Waals surface area contributed by atoms with Crippen molar-refractivity contribution in [3.05, 3.63) is 0 Å². The fourth-order valence-corrected chi connectivity index (χ4v) is 0.228. The van der Waals surface area contributed by atoms with Gasteiger partial charge in [-0.05, 0) is 19.8 Å². The number of carbonyl (C=O) groups is 1. The summed E-state index contributed by atoms with van der Waals surface area (Å²) in [6.45, 7) is 2.95. The first-order valence-corrected chi connectivity index (χ1v) is 2.33. The average molecular weight is 112 g/mol. The Kier molecular flexibility index (Phi) is 2.90. The summed E-state index contributed by atoms with van der Waals surface area (Å²) >= 11 is 0. The molecule has 1 N–H and O–H groups in total. The third-order valence-corrected chi connectivity index (χ3v) is 0.628. The Labute approximate surface area is 48.5 Å². The van der Waals surface area contributed by atoms with E-state index in [-0.39, 0.29) is 0 Å². The highest BCUT2D eigenvalue weighted by atomic mass is 16.3. The molecule has 1 atom stereocenters. The van der Waals surface area contributed by atoms with Gasteiger partial charge < -0.3 is 5.11 Å². The molecule has 0 fully saturated rings. The molecule has 0 rings (SSSR count). The second-order valence-corrected chi connectivity index (χ2v) is 1.42. The van der Waals surface area contributed by atoms with Crippen LogP contribution in [0.25, 0.3) is 0 Å². The molecule has 0 amide bonds. The van der Waals surface area contributed by atoms with E-state index in [1.165, 1.54) is 6.92 Å². The summed E-state index contributed by atoms with van der Waals surface area (Å²) in [5.41, 5.74) is 0. The van der Waals surface area contributed by atoms with Crippen LogP contribution in [0.3, 0.4) is 0 Å². The Bertz CT molecular complexity index is 136. The summed E-state index contributed by atoms with van der Waals surface area (Å²) in [7, 11) is 0. The maximum Gasteiger partial charge on any atom is 0.233 e. The van der Waals surface area contributed by atoms with Crippen LogP contribution in [-0.2, 0) is 4.79 Å². The summed E-state index contributed by atoms with van der Waals surface area (Å²) in [4.78, 5) is 10.3. The van der Waals surface area contributed by atoms with Crippen LogP contribution in [0.5, 0.6) is 0 Å². The lowest BCUT2D eigenvalue weighted by atomic mass is 10.3. The van der Waals surface area contributed by atoms with Crippen molar-refractivity contribution in [3.8, 4) is 11.8 Å². The van der Waals surface area contributed by atoms with Crippen LogP contribution in [0.2, 0.25) is 0 Å². The molecule has 0 aromatic heterocycles. The minimum atomic E-state index is -0.942. The Morgan fingerprint density at radius 2 is 2.25 bits per heavy atom. The molecule has 0 aliphatic carbocycles. The van der Waals surface area contributed by atoms with Gasteiger partial charge in [0.1, 0.15) is 6.10 Å². The van der Waals surface area contributed by atoms with Gasteiger partial charge in [0.05, 0.1) is 0 Å². The van der Waals surface area contributed by atoms with E-state index < -0.39 is 11.9 Å². The molecule has 0 saturated carbocycles. The minimum absolute atomic E-state index is 0.424. The zero-order valence-electron chi connectivity index (χ0n) is 4.93. The Morgan fingerprint density at radius 1 is 1.75 bits per heavy atom. The first-order chi connectivity index (χ1) is 3.68. The summed E-state index contributed by atoms with van der Waals surface area (Å²) in [6.07, 6.45) is -0.942. The fraction of sp³-hybridized carbons (Fsp3) is 0.500. The zero-order valence-corrected chi connectivity index (χ0v) is 4.93. The highest BCUT2D eigenvalue weighted by molar-refractivity contribution is 5.98. The van der Waals surface area contributed by atoms with Crippen molar-refractivity contribution in [3.63, 3.8) is 0 Å². The lowest BCUT2D eigenvalue weighted by molar-refractivity contribution is -0.120. The smallest absolute Gasteiger partial charge is 0.233 e. The van der Waals surface area contributed by atoms with Crippen LogP contribution in [0, 0.1) is 11.8 Å². The van der Waals surface area contributed by atoms with Gasteiger partial charge in [-0.25, -0.2) is 0 Å². The number of ketones is 1. The van der Waals surface area contributed by atoms with Crippen molar-refractivity contribution in [2.45, 2.75) is 20.0 Å². The summed E-state index contributed by atoms with van der Waals surface area (Å²) in [5, 5.41) is 8.50. The summed E-state index contributed by atoms with van der Waals surface area (Å²) in [6, 6.07) is 0. The van der Waals surface area contributed by atoms with Crippen molar-refractivity contribution < 1.29 is 9.90 Å². The van der Waals surface area contributed by atoms with E-state index in [0.717, 1.165) is 0 Å². The molecule has 0 saturated heterocycles. The van der Waals surface area contributed by atoms with Gasteiger partial charge in [0.25, 0.3) is 0 Å². The molecule has 2 heteroatoms. The topological polar surface area (TPSA) is 37.3 Å². The molecule has 44 valence electrons. The van der Waals surface area contributed by atoms with Crippen LogP contribution in [0.4, 0.5) is 0 Å². The Hall–Kier alpha value is -0.810. The van der Waals surface area contributed by atoms with Crippen LogP contribution < -0.4 is 0 Å². The van der Waals surface area contributed by atoms with E-state index >= 15 is 0 Å². The Morgan fingerprint density at radius 3 is 2.38 bits per heavy atom. The standard InChI is InChI=1S/C6H8O2/c1-3-4-6(8)5(2)7/h5,7H,1-2H3. The van der Waals surface area contributed by atoms with Gasteiger partial charge in [0.2, 0.25) is 5.78 Å². The van der Waals surface area contributed by atoms with E-state index in [1.807, 2.05) is 0 Å². The number of Topliss-reactive ketones (excluding diaryl/α,β-unsaturated/α-hetero) is 1. The van der Waals surface area contributed by atoms with E-state index in [2.05, 4.69) is 11.8 Å². The molecule has 0 spiro atoms. The first-order valence-electron chi connectivity index (χ1n) is 2.33. The predicted molar refractivity (Wildman–Crippen MR) is 30.1 cm³/mol. The van der Waals surface area contributed by atoms with E-state index in [0.29, 0.717) is 0 Å². The van der Waals surface area contributed by atoms with Crippen LogP contribution in [0.15, 0.2) is 0 Å². The number of rotatable bonds is 1. The van der Waals surface area contributed by atoms with Gasteiger partial charge in [-0.2, -0.15) is 0 Å². The Balaban J connectivity index is 3.78. The van der Waals surface area contributed by atoms with E-state index in [1.54, 1.807) is 6.92 Å². The predicted octanol–water partition coefficient (Wildman–Crippen LogP) is -0.0404. The number of aliphatic hydroxyl groups excluding tert-OH is 1. The number of hydrogen-bond acceptors (Lipinski definition) is 2. The first kappa shape index (κ1) is 7.19. The SMILES string of the molecule is CC#CC(=O)C(C)O. The highest BCUT2D eigenvalue weighted by Gasteiger charge is 2.02. The molecule has 1 unspecified atom stereocenters. The van der Waals surface area contributed by atoms with Crippen molar-refractivity contribution in [2.75, 3.05) is 0 Å². The molecule has 0 bridgehead atoms. The number of aliphatic hydroxyl groups is 1. The normalized spacial score (nSPS) is 11.4. The van der Waals surface area contributed by atoms with E-state index in [9.17, 15) is 4.79 Å². The van der Waals surface area contributed by atoms with Gasteiger partial charge in [0, 0.05) is 0 Å². The molecule has 0 aliphatic rings. The van der Waals surface area contributed by atoms with Crippen molar-refractivity contribution in [1.29, 1.82) is 0 Å². The quantitative estimate of drug-likeness (QED) is 0.381. The third-order valence-electron chi connectivity index (χ3n) is 0.628. The summed E-state index contributed by atoms with van der Waals surface area (Å²) < 4.78 is 0. The molecular weight excluding hydrogens is 104 g/mol. The lowest BCUT2D eigenvalue weighted by Gasteiger charge is -1.90. The van der Waals surface area contributed by atoms with Gasteiger partial charge in [-0.1, -0.05) is 5.92 Å². The maximum atomic E-state index is 10.3. The van der Waals surface area contributed by atoms with Crippen LogP contribution in [0.1, 0.15) is 13.8 Å². The molecule has 2 nitrogen and oxygen atoms in total. The van der Waals surface area contributed by atoms with E-state index in [4.69, 9.17) is 5.11 Å². The minimum Gasteiger partial charge on any atom is -0.385 e. The molecule has 0 aromatic carbocycles. The second kappa shape index (κ2) is 3.23. The van der Waals surface area contributed by atoms with Gasteiger partial charge in [-0.15, -0.1) is 0 Å². The van der Waals surface area contributed by atoms with Crippen molar-refractivity contribution in [2.24, 2.45) is 0 Å². The monoisotopic (exact) mass is 112 g/mol. The van der Waals surface area contributed by atoms with Crippen LogP contribution >= 0.6 is 0 Å². The third kappa shape index (κ3) is 2.38. The van der Waals surface area contributed by atoms with Crippen molar-refractivity contribution in [1.82, 2.24) is 0 Å². The fourth-order valence-electron chi connectivity index (χ4n) is 0.228. The van der Waals surface area contributed by atoms with Gasteiger partial charge in [0.15, 0.2) is 0 Å². The van der Waals surface area contributed by atoms with Gasteiger partial charge >= 0.3 is 0 Å². The molecule has 0 radical (unpaired) electrons. The molecular formula is C6H8O2. The molecule has 8 heavy (non-hydrogen) atoms.